The number of benzene rings is 3. The first-order valence-electron chi connectivity index (χ1n) is 12.8. The summed E-state index contributed by atoms with van der Waals surface area (Å²) in [5.41, 5.74) is 11.3. The Kier molecular flexibility index (Phi) is 8.44. The third kappa shape index (κ3) is 6.76. The van der Waals surface area contributed by atoms with Crippen LogP contribution < -0.4 is 26.6 Å². The van der Waals surface area contributed by atoms with E-state index in [1.54, 1.807) is 25.8 Å². The zero-order valence-electron chi connectivity index (χ0n) is 22.1. The minimum atomic E-state index is -0.644. The van der Waals surface area contributed by atoms with Gasteiger partial charge in [0.1, 0.15) is 6.04 Å². The molecule has 0 radical (unpaired) electrons. The molecule has 1 atom stereocenters. The van der Waals surface area contributed by atoms with Crippen LogP contribution in [0.4, 0.5) is 11.4 Å². The molecule has 198 valence electrons. The van der Waals surface area contributed by atoms with E-state index in [0.717, 1.165) is 33.6 Å². The number of amides is 2. The van der Waals surface area contributed by atoms with E-state index in [9.17, 15) is 9.59 Å². The highest BCUT2D eigenvalue weighted by Gasteiger charge is 2.32. The lowest BCUT2D eigenvalue weighted by atomic mass is 10.0. The van der Waals surface area contributed by atoms with Crippen molar-refractivity contribution in [3.8, 4) is 11.1 Å². The minimum Gasteiger partial charge on any atom is -0.366 e. The number of hydrogen-bond donors (Lipinski definition) is 4. The van der Waals surface area contributed by atoms with E-state index >= 15 is 0 Å². The Hall–Kier alpha value is -3.75. The number of hydrogen-bond acceptors (Lipinski definition) is 4. The fourth-order valence-corrected chi connectivity index (χ4v) is 4.78. The van der Waals surface area contributed by atoms with Crippen LogP contribution in [0.2, 0.25) is 0 Å². The molecule has 0 spiro atoms. The predicted octanol–water partition coefficient (Wildman–Crippen LogP) is 4.36. The van der Waals surface area contributed by atoms with Crippen molar-refractivity contribution < 1.29 is 9.59 Å². The monoisotopic (exact) mass is 529 g/mol. The van der Waals surface area contributed by atoms with Gasteiger partial charge in [0, 0.05) is 35.9 Å². The average molecular weight is 530 g/mol. The summed E-state index contributed by atoms with van der Waals surface area (Å²) in [7, 11) is 1.78. The average Bonchev–Trinajstić information content (AvgIpc) is 3.01. The van der Waals surface area contributed by atoms with Crippen molar-refractivity contribution in [3.05, 3.63) is 83.9 Å². The van der Waals surface area contributed by atoms with E-state index in [1.807, 2.05) is 60.7 Å². The van der Waals surface area contributed by atoms with Gasteiger partial charge in [0.25, 0.3) is 0 Å². The second-order valence-electron chi connectivity index (χ2n) is 10.3. The number of carbonyl (C=O) groups excluding carboxylic acids is 2. The fraction of sp³-hybridized carbons (Fsp3) is 0.300. The van der Waals surface area contributed by atoms with Crippen LogP contribution in [0, 0.1) is 0 Å². The topological polar surface area (TPSA) is 99.5 Å². The summed E-state index contributed by atoms with van der Waals surface area (Å²) in [4.78, 5) is 28.1. The highest BCUT2D eigenvalue weighted by Crippen LogP contribution is 2.31. The Balaban J connectivity index is 1.57. The molecule has 3 aromatic rings. The van der Waals surface area contributed by atoms with Crippen molar-refractivity contribution in [2.75, 3.05) is 17.3 Å². The smallest absolute Gasteiger partial charge is 0.249 e. The maximum absolute atomic E-state index is 13.7. The largest absolute Gasteiger partial charge is 0.366 e. The molecule has 0 aliphatic carbocycles. The van der Waals surface area contributed by atoms with Gasteiger partial charge >= 0.3 is 0 Å². The van der Waals surface area contributed by atoms with Gasteiger partial charge in [-0.15, -0.1) is 0 Å². The van der Waals surface area contributed by atoms with Gasteiger partial charge in [-0.05, 0) is 67.7 Å². The Morgan fingerprint density at radius 1 is 1.05 bits per heavy atom. The fourth-order valence-electron chi connectivity index (χ4n) is 4.67. The van der Waals surface area contributed by atoms with E-state index in [1.165, 1.54) is 0 Å². The normalized spacial score (nSPS) is 15.3. The lowest BCUT2D eigenvalue weighted by Crippen LogP contribution is -2.49. The molecular weight excluding hydrogens is 494 g/mol. The highest BCUT2D eigenvalue weighted by molar-refractivity contribution is 7.80. The Bertz CT molecular complexity index is 1320. The van der Waals surface area contributed by atoms with Gasteiger partial charge in [-0.2, -0.15) is 0 Å². The summed E-state index contributed by atoms with van der Waals surface area (Å²) in [5.74, 6) is -0.325. The van der Waals surface area contributed by atoms with Gasteiger partial charge in [0.2, 0.25) is 11.8 Å². The second kappa shape index (κ2) is 11.8. The van der Waals surface area contributed by atoms with Crippen molar-refractivity contribution in [1.82, 2.24) is 10.6 Å². The first-order chi connectivity index (χ1) is 18.1. The van der Waals surface area contributed by atoms with Crippen molar-refractivity contribution in [2.24, 2.45) is 5.73 Å². The number of carbonyl (C=O) groups is 2. The summed E-state index contributed by atoms with van der Waals surface area (Å²) in [6.07, 6.45) is 1.40. The standard InChI is InChI=1S/C30H35N5O2S/c1-30(2,31)18-27(36)33-25-17-16-22-8-4-7-11-26(22)35(28(25)37)19-20-12-14-21(15-13-20)23-9-5-6-10-24(23)34-29(38)32-3/h4-15,25H,16-19,31H2,1-3H3,(H,33,36)(H2,32,34,38)/t25-/m1/s1. The van der Waals surface area contributed by atoms with Crippen molar-refractivity contribution in [3.63, 3.8) is 0 Å². The number of aryl methyl sites for hydroxylation is 1. The Labute approximate surface area is 229 Å². The van der Waals surface area contributed by atoms with Crippen LogP contribution in [-0.2, 0) is 22.6 Å². The molecule has 1 aliphatic rings. The lowest BCUT2D eigenvalue weighted by molar-refractivity contribution is -0.128. The minimum absolute atomic E-state index is 0.114. The number of nitrogens with one attached hydrogen (secondary N) is 3. The number of nitrogens with zero attached hydrogens (tertiary/aromatic N) is 1. The number of para-hydroxylation sites is 2. The van der Waals surface area contributed by atoms with E-state index in [2.05, 4.69) is 28.1 Å². The summed E-state index contributed by atoms with van der Waals surface area (Å²) in [5, 5.41) is 9.65. The molecule has 0 aromatic heterocycles. The first-order valence-corrected chi connectivity index (χ1v) is 13.2. The molecule has 8 heteroatoms. The first kappa shape index (κ1) is 27.3. The molecule has 1 aliphatic heterocycles. The summed E-state index contributed by atoms with van der Waals surface area (Å²) in [6, 6.07) is 23.5. The van der Waals surface area contributed by atoms with Gasteiger partial charge in [-0.25, -0.2) is 0 Å². The molecule has 0 saturated carbocycles. The molecule has 1 heterocycles. The van der Waals surface area contributed by atoms with Gasteiger partial charge < -0.3 is 26.6 Å². The van der Waals surface area contributed by atoms with Crippen LogP contribution in [0.3, 0.4) is 0 Å². The van der Waals surface area contributed by atoms with E-state index in [-0.39, 0.29) is 18.2 Å². The molecule has 0 fully saturated rings. The van der Waals surface area contributed by atoms with E-state index < -0.39 is 11.6 Å². The molecule has 2 amide bonds. The van der Waals surface area contributed by atoms with Gasteiger partial charge in [-0.3, -0.25) is 9.59 Å². The second-order valence-corrected chi connectivity index (χ2v) is 10.7. The summed E-state index contributed by atoms with van der Waals surface area (Å²) < 4.78 is 0. The molecule has 0 saturated heterocycles. The highest BCUT2D eigenvalue weighted by atomic mass is 32.1. The van der Waals surface area contributed by atoms with Crippen LogP contribution in [0.1, 0.15) is 37.8 Å². The van der Waals surface area contributed by atoms with Crippen LogP contribution in [-0.4, -0.2) is 35.6 Å². The zero-order valence-corrected chi connectivity index (χ0v) is 22.9. The third-order valence-electron chi connectivity index (χ3n) is 6.51. The van der Waals surface area contributed by atoms with E-state index in [0.29, 0.717) is 24.5 Å². The maximum Gasteiger partial charge on any atom is 0.249 e. The van der Waals surface area contributed by atoms with Crippen LogP contribution >= 0.6 is 12.2 Å². The van der Waals surface area contributed by atoms with Crippen molar-refractivity contribution in [1.29, 1.82) is 0 Å². The van der Waals surface area contributed by atoms with Crippen molar-refractivity contribution >= 4 is 40.5 Å². The number of anilines is 2. The third-order valence-corrected chi connectivity index (χ3v) is 6.81. The molecular formula is C30H35N5O2S. The zero-order chi connectivity index (χ0) is 27.3. The summed E-state index contributed by atoms with van der Waals surface area (Å²) >= 11 is 5.28. The van der Waals surface area contributed by atoms with Crippen molar-refractivity contribution in [2.45, 2.75) is 51.2 Å². The van der Waals surface area contributed by atoms with E-state index in [4.69, 9.17) is 18.0 Å². The SMILES string of the molecule is CNC(=S)Nc1ccccc1-c1ccc(CN2C(=O)[C@H](NC(=O)CC(C)(C)N)CCc3ccccc32)cc1. The van der Waals surface area contributed by atoms with Gasteiger partial charge in [0.05, 0.1) is 6.54 Å². The van der Waals surface area contributed by atoms with Crippen LogP contribution in [0.15, 0.2) is 72.8 Å². The maximum atomic E-state index is 13.7. The Morgan fingerprint density at radius 2 is 1.74 bits per heavy atom. The number of thiocarbonyl (C=S) groups is 1. The summed E-state index contributed by atoms with van der Waals surface area (Å²) in [6.45, 7) is 4.00. The van der Waals surface area contributed by atoms with Gasteiger partial charge in [0.15, 0.2) is 5.11 Å². The molecule has 4 rings (SSSR count). The van der Waals surface area contributed by atoms with Crippen LogP contribution in [0.5, 0.6) is 0 Å². The molecule has 0 unspecified atom stereocenters. The molecule has 0 bridgehead atoms. The molecule has 5 N–H and O–H groups in total. The predicted molar refractivity (Wildman–Crippen MR) is 158 cm³/mol. The number of fused-ring (bicyclic) bond motifs is 1. The Morgan fingerprint density at radius 3 is 2.45 bits per heavy atom. The quantitative estimate of drug-likeness (QED) is 0.340. The lowest BCUT2D eigenvalue weighted by Gasteiger charge is -2.27. The molecule has 3 aromatic carbocycles. The number of nitrogens with two attached hydrogens (primary N) is 1. The molecule has 7 nitrogen and oxygen atoms in total. The van der Waals surface area contributed by atoms with Gasteiger partial charge in [-0.1, -0.05) is 60.7 Å². The van der Waals surface area contributed by atoms with Crippen LogP contribution in [0.25, 0.3) is 11.1 Å². The molecule has 38 heavy (non-hydrogen) atoms. The number of rotatable bonds is 7.